The molecule has 1 heterocycles. The lowest BCUT2D eigenvalue weighted by molar-refractivity contribution is 0.430. The van der Waals surface area contributed by atoms with Gasteiger partial charge >= 0.3 is 0 Å². The number of nitrogens with one attached hydrogen (secondary N) is 1. The maximum absolute atomic E-state index is 7.24. The normalized spacial score (nSPS) is 16.9. The lowest BCUT2D eigenvalue weighted by atomic mass is 9.81. The van der Waals surface area contributed by atoms with Crippen molar-refractivity contribution in [3.63, 3.8) is 0 Å². The molecule has 0 saturated carbocycles. The van der Waals surface area contributed by atoms with Crippen molar-refractivity contribution in [1.29, 1.82) is 5.41 Å². The molecule has 2 nitrogen and oxygen atoms in total. The van der Waals surface area contributed by atoms with Crippen LogP contribution in [0, 0.1) is 10.8 Å². The van der Waals surface area contributed by atoms with Gasteiger partial charge in [0.25, 0.3) is 0 Å². The molecule has 0 aromatic carbocycles. The van der Waals surface area contributed by atoms with E-state index in [1.165, 1.54) is 11.9 Å². The third kappa shape index (κ3) is 1.95. The molecule has 0 aromatic rings. The summed E-state index contributed by atoms with van der Waals surface area (Å²) in [6.45, 7) is 10.4. The minimum absolute atomic E-state index is 0.165. The van der Waals surface area contributed by atoms with Crippen molar-refractivity contribution in [2.45, 2.75) is 27.2 Å². The van der Waals surface area contributed by atoms with Crippen molar-refractivity contribution in [3.05, 3.63) is 36.2 Å². The molecule has 0 spiro atoms. The minimum atomic E-state index is 0.165. The van der Waals surface area contributed by atoms with Gasteiger partial charge in [-0.2, -0.15) is 0 Å². The molecular formula is C12H18N2. The van der Waals surface area contributed by atoms with Crippen molar-refractivity contribution >= 4 is 6.34 Å². The fourth-order valence-corrected chi connectivity index (χ4v) is 1.27. The Balaban J connectivity index is 2.98. The maximum Gasteiger partial charge on any atom is 0.0902 e. The smallest absolute Gasteiger partial charge is 0.0902 e. The molecule has 1 aliphatic rings. The van der Waals surface area contributed by atoms with Crippen molar-refractivity contribution in [2.24, 2.45) is 5.41 Å². The number of hydrogen-bond donors (Lipinski definition) is 1. The molecule has 0 aliphatic carbocycles. The molecule has 0 bridgehead atoms. The second kappa shape index (κ2) is 3.82. The van der Waals surface area contributed by atoms with Gasteiger partial charge in [-0.25, -0.2) is 0 Å². The topological polar surface area (TPSA) is 27.1 Å². The fourth-order valence-electron chi connectivity index (χ4n) is 1.27. The summed E-state index contributed by atoms with van der Waals surface area (Å²) >= 11 is 0. The van der Waals surface area contributed by atoms with Crippen molar-refractivity contribution in [3.8, 4) is 0 Å². The molecule has 0 radical (unpaired) electrons. The Bertz CT molecular complexity index is 308. The van der Waals surface area contributed by atoms with Gasteiger partial charge in [0.05, 0.1) is 6.34 Å². The van der Waals surface area contributed by atoms with E-state index in [2.05, 4.69) is 33.4 Å². The summed E-state index contributed by atoms with van der Waals surface area (Å²) in [6.07, 6.45) is 8.40. The molecule has 0 amide bonds. The average Bonchev–Trinajstić information content (AvgIpc) is 2.18. The molecule has 1 aliphatic heterocycles. The summed E-state index contributed by atoms with van der Waals surface area (Å²) in [5, 5.41) is 7.24. The molecular weight excluding hydrogens is 172 g/mol. The first-order chi connectivity index (χ1) is 6.51. The van der Waals surface area contributed by atoms with E-state index in [1.807, 2.05) is 12.3 Å². The second-order valence-corrected chi connectivity index (χ2v) is 4.18. The number of rotatable bonds is 3. The molecule has 1 rings (SSSR count). The highest BCUT2D eigenvalue weighted by Crippen LogP contribution is 2.33. The lowest BCUT2D eigenvalue weighted by Crippen LogP contribution is -2.21. The van der Waals surface area contributed by atoms with Gasteiger partial charge in [-0.1, -0.05) is 33.4 Å². The van der Waals surface area contributed by atoms with Crippen molar-refractivity contribution in [1.82, 2.24) is 4.90 Å². The summed E-state index contributed by atoms with van der Waals surface area (Å²) < 4.78 is 0. The number of allylic oxidation sites excluding steroid dienone is 3. The van der Waals surface area contributed by atoms with Crippen LogP contribution in [0.4, 0.5) is 0 Å². The molecule has 0 aromatic heterocycles. The van der Waals surface area contributed by atoms with E-state index in [1.54, 1.807) is 4.90 Å². The zero-order valence-corrected chi connectivity index (χ0v) is 9.17. The van der Waals surface area contributed by atoms with E-state index in [-0.39, 0.29) is 5.41 Å². The van der Waals surface area contributed by atoms with Crippen LogP contribution in [0.3, 0.4) is 0 Å². The van der Waals surface area contributed by atoms with Gasteiger partial charge in [-0.15, -0.1) is 0 Å². The van der Waals surface area contributed by atoms with Crippen LogP contribution in [0.5, 0.6) is 0 Å². The van der Waals surface area contributed by atoms with Gasteiger partial charge in [0.15, 0.2) is 0 Å². The SMILES string of the molecule is C=C1C=CC(C(C)(C)CC)=CN1C=N. The van der Waals surface area contributed by atoms with E-state index >= 15 is 0 Å². The van der Waals surface area contributed by atoms with E-state index in [9.17, 15) is 0 Å². The van der Waals surface area contributed by atoms with Crippen LogP contribution in [0.1, 0.15) is 27.2 Å². The zero-order valence-electron chi connectivity index (χ0n) is 9.17. The van der Waals surface area contributed by atoms with Gasteiger partial charge < -0.3 is 4.90 Å². The van der Waals surface area contributed by atoms with Crippen LogP contribution in [0.25, 0.3) is 0 Å². The predicted molar refractivity (Wildman–Crippen MR) is 61.1 cm³/mol. The van der Waals surface area contributed by atoms with E-state index in [0.29, 0.717) is 0 Å². The van der Waals surface area contributed by atoms with Gasteiger partial charge in [0.2, 0.25) is 0 Å². The van der Waals surface area contributed by atoms with Crippen LogP contribution in [0.15, 0.2) is 36.2 Å². The van der Waals surface area contributed by atoms with Gasteiger partial charge in [0, 0.05) is 11.9 Å². The monoisotopic (exact) mass is 190 g/mol. The zero-order chi connectivity index (χ0) is 10.8. The highest BCUT2D eigenvalue weighted by Gasteiger charge is 2.21. The summed E-state index contributed by atoms with van der Waals surface area (Å²) in [7, 11) is 0. The van der Waals surface area contributed by atoms with Crippen LogP contribution >= 0.6 is 0 Å². The van der Waals surface area contributed by atoms with Gasteiger partial charge in [0.1, 0.15) is 0 Å². The largest absolute Gasteiger partial charge is 0.309 e. The maximum atomic E-state index is 7.24. The third-order valence-corrected chi connectivity index (χ3v) is 2.87. The van der Waals surface area contributed by atoms with Crippen LogP contribution in [0.2, 0.25) is 0 Å². The van der Waals surface area contributed by atoms with Crippen molar-refractivity contribution in [2.75, 3.05) is 0 Å². The lowest BCUT2D eigenvalue weighted by Gasteiger charge is -2.29. The fraction of sp³-hybridized carbons (Fsp3) is 0.417. The van der Waals surface area contributed by atoms with Gasteiger partial charge in [-0.3, -0.25) is 5.41 Å². The van der Waals surface area contributed by atoms with E-state index in [4.69, 9.17) is 5.41 Å². The Labute approximate surface area is 86.1 Å². The minimum Gasteiger partial charge on any atom is -0.309 e. The molecule has 0 unspecified atom stereocenters. The molecule has 0 atom stereocenters. The van der Waals surface area contributed by atoms with Crippen LogP contribution < -0.4 is 0 Å². The Hall–Kier alpha value is -1.31. The van der Waals surface area contributed by atoms with Crippen LogP contribution in [-0.2, 0) is 0 Å². The van der Waals surface area contributed by atoms with Crippen LogP contribution in [-0.4, -0.2) is 11.2 Å². The Morgan fingerprint density at radius 1 is 1.50 bits per heavy atom. The molecule has 14 heavy (non-hydrogen) atoms. The quantitative estimate of drug-likeness (QED) is 0.536. The highest BCUT2D eigenvalue weighted by atomic mass is 15.1. The molecule has 0 fully saturated rings. The van der Waals surface area contributed by atoms with Gasteiger partial charge in [-0.05, 0) is 23.5 Å². The number of nitrogens with zero attached hydrogens (tertiary/aromatic N) is 1. The standard InChI is InChI=1S/C12H18N2/c1-5-12(3,4)11-7-6-10(2)14(8-11)9-13/h6-9,13H,2,5H2,1,3-4H3. The number of hydrogen-bond acceptors (Lipinski definition) is 1. The molecule has 0 saturated heterocycles. The molecule has 76 valence electrons. The van der Waals surface area contributed by atoms with Crippen molar-refractivity contribution < 1.29 is 0 Å². The van der Waals surface area contributed by atoms with E-state index < -0.39 is 0 Å². The average molecular weight is 190 g/mol. The van der Waals surface area contributed by atoms with E-state index in [0.717, 1.165) is 12.1 Å². The third-order valence-electron chi connectivity index (χ3n) is 2.87. The highest BCUT2D eigenvalue weighted by molar-refractivity contribution is 5.60. The Kier molecular flexibility index (Phi) is 2.94. The Morgan fingerprint density at radius 2 is 2.14 bits per heavy atom. The first-order valence-corrected chi connectivity index (χ1v) is 4.89. The second-order valence-electron chi connectivity index (χ2n) is 4.18. The first kappa shape index (κ1) is 10.8. The first-order valence-electron chi connectivity index (χ1n) is 4.89. The summed E-state index contributed by atoms with van der Waals surface area (Å²) in [4.78, 5) is 1.74. The summed E-state index contributed by atoms with van der Waals surface area (Å²) in [5.74, 6) is 0. The molecule has 2 heteroatoms. The Morgan fingerprint density at radius 3 is 2.64 bits per heavy atom. The predicted octanol–water partition coefficient (Wildman–Crippen LogP) is 3.30. The summed E-state index contributed by atoms with van der Waals surface area (Å²) in [5.41, 5.74) is 2.25. The molecule has 1 N–H and O–H groups in total. The summed E-state index contributed by atoms with van der Waals surface area (Å²) in [6, 6.07) is 0.